The molecule has 1 amide bonds. The second-order valence-electron chi connectivity index (χ2n) is 5.13. The third kappa shape index (κ3) is 4.81. The topological polar surface area (TPSA) is 51.2 Å². The lowest BCUT2D eigenvalue weighted by molar-refractivity contribution is -0.137. The van der Waals surface area contributed by atoms with Gasteiger partial charge in [-0.25, -0.2) is 9.37 Å². The Kier molecular flexibility index (Phi) is 3.79. The number of amides is 1. The van der Waals surface area contributed by atoms with E-state index in [4.69, 9.17) is 10.2 Å². The zero-order chi connectivity index (χ0) is 22.9. The van der Waals surface area contributed by atoms with Crippen LogP contribution in [0.3, 0.4) is 0 Å². The van der Waals surface area contributed by atoms with Crippen LogP contribution in [0.15, 0.2) is 66.6 Å². The Morgan fingerprint density at radius 2 is 1.78 bits per heavy atom. The Morgan fingerprint density at radius 1 is 1.07 bits per heavy atom. The van der Waals surface area contributed by atoms with Crippen molar-refractivity contribution in [3.63, 3.8) is 0 Å². The maximum Gasteiger partial charge on any atom is 0.416 e. The van der Waals surface area contributed by atoms with Crippen LogP contribution in [0.25, 0.3) is 0 Å². The van der Waals surface area contributed by atoms with E-state index in [1.165, 1.54) is 24.3 Å². The molecule has 3 rings (SSSR count). The lowest BCUT2D eigenvalue weighted by Crippen LogP contribution is -2.13. The molecule has 0 atom stereocenters. The number of alkyl halides is 3. The monoisotopic (exact) mass is 380 g/mol. The Balaban J connectivity index is 1.85. The summed E-state index contributed by atoms with van der Waals surface area (Å²) in [5.74, 6) is -2.69. The van der Waals surface area contributed by atoms with Crippen LogP contribution in [-0.4, -0.2) is 10.9 Å². The number of hydrogen-bond acceptors (Lipinski definition) is 3. The van der Waals surface area contributed by atoms with Crippen molar-refractivity contribution in [2.24, 2.45) is 0 Å². The summed E-state index contributed by atoms with van der Waals surface area (Å²) in [7, 11) is 0. The van der Waals surface area contributed by atoms with E-state index in [9.17, 15) is 22.4 Å². The molecule has 0 fully saturated rings. The molecule has 8 heteroatoms. The number of aromatic nitrogens is 1. The summed E-state index contributed by atoms with van der Waals surface area (Å²) in [6.45, 7) is 0. The van der Waals surface area contributed by atoms with Crippen molar-refractivity contribution in [3.8, 4) is 11.6 Å². The lowest BCUT2D eigenvalue weighted by Gasteiger charge is -2.10. The van der Waals surface area contributed by atoms with Gasteiger partial charge in [-0.1, -0.05) is 12.1 Å². The van der Waals surface area contributed by atoms with Crippen LogP contribution in [0.4, 0.5) is 23.2 Å². The molecule has 1 N–H and O–H groups in total. The van der Waals surface area contributed by atoms with Crippen molar-refractivity contribution in [2.75, 3.05) is 5.32 Å². The molecule has 1 aromatic heterocycles. The number of benzene rings is 2. The molecule has 0 aliphatic rings. The van der Waals surface area contributed by atoms with Gasteiger partial charge in [-0.05, 0) is 48.4 Å². The van der Waals surface area contributed by atoms with Crippen molar-refractivity contribution < 1.29 is 32.6 Å². The second-order valence-corrected chi connectivity index (χ2v) is 5.13. The molecule has 0 saturated carbocycles. The Bertz CT molecular complexity index is 1140. The van der Waals surface area contributed by atoms with E-state index in [1.54, 1.807) is 0 Å². The molecular weight excluding hydrogens is 364 g/mol. The van der Waals surface area contributed by atoms with E-state index >= 15 is 0 Å². The van der Waals surface area contributed by atoms with Crippen LogP contribution in [0.1, 0.15) is 21.5 Å². The number of pyridine rings is 1. The molecule has 0 bridgehead atoms. The van der Waals surface area contributed by atoms with Crippen LogP contribution < -0.4 is 10.1 Å². The maximum absolute atomic E-state index is 13.6. The number of carbonyl (C=O) groups excluding carboxylic acids is 1. The van der Waals surface area contributed by atoms with Crippen LogP contribution in [0.5, 0.6) is 11.6 Å². The Hall–Kier alpha value is -3.42. The summed E-state index contributed by atoms with van der Waals surface area (Å²) in [5, 5.41) is 2.14. The second kappa shape index (κ2) is 7.45. The summed E-state index contributed by atoms with van der Waals surface area (Å²) < 4.78 is 87.7. The van der Waals surface area contributed by atoms with Crippen molar-refractivity contribution in [2.45, 2.75) is 6.18 Å². The fourth-order valence-electron chi connectivity index (χ4n) is 1.99. The van der Waals surface area contributed by atoms with E-state index in [1.807, 2.05) is 0 Å². The van der Waals surface area contributed by atoms with Crippen molar-refractivity contribution in [1.29, 1.82) is 0 Å². The zero-order valence-corrected chi connectivity index (χ0v) is 13.3. The van der Waals surface area contributed by atoms with Gasteiger partial charge < -0.3 is 10.1 Å². The summed E-state index contributed by atoms with van der Waals surface area (Å²) in [4.78, 5) is 16.3. The molecule has 1 heterocycles. The van der Waals surface area contributed by atoms with Gasteiger partial charge >= 0.3 is 6.18 Å². The van der Waals surface area contributed by atoms with Crippen molar-refractivity contribution in [1.82, 2.24) is 4.98 Å². The number of hydrogen-bond donors (Lipinski definition) is 1. The smallest absolute Gasteiger partial charge is 0.416 e. The van der Waals surface area contributed by atoms with Crippen molar-refractivity contribution in [3.05, 3.63) is 83.7 Å². The average molecular weight is 380 g/mol. The van der Waals surface area contributed by atoms with Crippen molar-refractivity contribution >= 4 is 11.6 Å². The van der Waals surface area contributed by atoms with Gasteiger partial charge in [0.1, 0.15) is 17.3 Å². The van der Waals surface area contributed by atoms with Crippen LogP contribution in [-0.2, 0) is 6.18 Å². The summed E-state index contributed by atoms with van der Waals surface area (Å²) >= 11 is 0. The van der Waals surface area contributed by atoms with Gasteiger partial charge in [0.15, 0.2) is 0 Å². The molecule has 0 aliphatic heterocycles. The molecule has 138 valence electrons. The number of rotatable bonds is 4. The minimum atomic E-state index is -4.57. The van der Waals surface area contributed by atoms with Gasteiger partial charge in [-0.2, -0.15) is 13.2 Å². The van der Waals surface area contributed by atoms with Gasteiger partial charge in [-0.3, -0.25) is 4.79 Å². The minimum absolute atomic E-state index is 0.169. The number of anilines is 1. The normalized spacial score (nSPS) is 13.2. The average Bonchev–Trinajstić information content (AvgIpc) is 2.73. The van der Waals surface area contributed by atoms with Gasteiger partial charge in [0.05, 0.1) is 11.0 Å². The van der Waals surface area contributed by atoms with Gasteiger partial charge in [0, 0.05) is 11.8 Å². The van der Waals surface area contributed by atoms with Crippen LogP contribution in [0, 0.1) is 5.82 Å². The van der Waals surface area contributed by atoms with E-state index in [-0.39, 0.29) is 17.3 Å². The molecule has 2 aromatic carbocycles. The largest absolute Gasteiger partial charge is 0.439 e. The Labute approximate surface area is 157 Å². The number of halogens is 4. The number of nitrogens with one attached hydrogen (secondary N) is 1. The SMILES string of the molecule is [2H]c1c([2H])c(NC(=O)c2cccc(Oc3cccc(C(F)(F)F)c3)n2)c([2H])c([2H])c1F. The molecule has 0 spiro atoms. The highest BCUT2D eigenvalue weighted by molar-refractivity contribution is 6.02. The fourth-order valence-corrected chi connectivity index (χ4v) is 1.99. The highest BCUT2D eigenvalue weighted by atomic mass is 19.4. The number of ether oxygens (including phenoxy) is 1. The first-order valence-corrected chi connectivity index (χ1v) is 7.38. The van der Waals surface area contributed by atoms with Gasteiger partial charge in [0.2, 0.25) is 5.88 Å². The van der Waals surface area contributed by atoms with E-state index < -0.39 is 53.3 Å². The minimum Gasteiger partial charge on any atom is -0.439 e. The predicted octanol–water partition coefficient (Wildman–Crippen LogP) is 5.28. The molecule has 0 saturated heterocycles. The maximum atomic E-state index is 13.6. The molecule has 0 radical (unpaired) electrons. The third-order valence-electron chi connectivity index (χ3n) is 3.17. The van der Waals surface area contributed by atoms with Crippen LogP contribution in [0.2, 0.25) is 0 Å². The number of nitrogens with zero attached hydrogens (tertiary/aromatic N) is 1. The fraction of sp³-hybridized carbons (Fsp3) is 0.0526. The van der Waals surface area contributed by atoms with Gasteiger partial charge in [-0.15, -0.1) is 0 Å². The number of carbonyl (C=O) groups is 1. The highest BCUT2D eigenvalue weighted by Crippen LogP contribution is 2.32. The van der Waals surface area contributed by atoms with E-state index in [2.05, 4.69) is 10.3 Å². The molecule has 3 aromatic rings. The van der Waals surface area contributed by atoms with E-state index in [0.29, 0.717) is 0 Å². The lowest BCUT2D eigenvalue weighted by atomic mass is 10.2. The van der Waals surface area contributed by atoms with E-state index in [0.717, 1.165) is 18.2 Å². The quantitative estimate of drug-likeness (QED) is 0.626. The summed E-state index contributed by atoms with van der Waals surface area (Å²) in [5.41, 5.74) is -1.77. The predicted molar refractivity (Wildman–Crippen MR) is 90.1 cm³/mol. The first kappa shape index (κ1) is 13.7. The first-order chi connectivity index (χ1) is 14.5. The first-order valence-electron chi connectivity index (χ1n) is 9.38. The standard InChI is InChI=1S/C19H12F4N2O2/c20-13-7-9-14(10-8-13)24-18(26)16-5-2-6-17(25-16)27-15-4-1-3-12(11-15)19(21,22)23/h1-11H,(H,24,26)/i7D,8D,9D,10D. The Morgan fingerprint density at radius 3 is 2.48 bits per heavy atom. The van der Waals surface area contributed by atoms with Gasteiger partial charge in [0.25, 0.3) is 5.91 Å². The third-order valence-corrected chi connectivity index (χ3v) is 3.17. The zero-order valence-electron chi connectivity index (χ0n) is 17.3. The summed E-state index contributed by atoms with van der Waals surface area (Å²) in [6.07, 6.45) is -4.57. The molecule has 27 heavy (non-hydrogen) atoms. The molecular formula is C19H12F4N2O2. The molecule has 0 aliphatic carbocycles. The highest BCUT2D eigenvalue weighted by Gasteiger charge is 2.30. The molecule has 0 unspecified atom stereocenters. The summed E-state index contributed by atoms with van der Waals surface area (Å²) in [6, 6.07) is 4.42. The van der Waals surface area contributed by atoms with Crippen LogP contribution >= 0.6 is 0 Å². The molecule has 4 nitrogen and oxygen atoms in total.